The highest BCUT2D eigenvalue weighted by Gasteiger charge is 2.18. The number of nitrogens with one attached hydrogen (secondary N) is 2. The van der Waals surface area contributed by atoms with Gasteiger partial charge in [0.1, 0.15) is 12.1 Å². The zero-order chi connectivity index (χ0) is 19.2. The lowest BCUT2D eigenvalue weighted by Crippen LogP contribution is -2.43. The fourth-order valence-electron chi connectivity index (χ4n) is 4.01. The van der Waals surface area contributed by atoms with E-state index in [2.05, 4.69) is 20.6 Å². The van der Waals surface area contributed by atoms with E-state index in [-0.39, 0.29) is 6.03 Å². The maximum Gasteiger partial charge on any atom is 0.321 e. The molecule has 1 aliphatic carbocycles. The summed E-state index contributed by atoms with van der Waals surface area (Å²) in [6, 6.07) is 6.17. The number of benzene rings is 1. The van der Waals surface area contributed by atoms with Gasteiger partial charge in [0.25, 0.3) is 0 Å². The molecule has 1 aliphatic heterocycles. The van der Waals surface area contributed by atoms with Crippen molar-refractivity contribution in [1.29, 1.82) is 0 Å². The molecule has 2 fully saturated rings. The summed E-state index contributed by atoms with van der Waals surface area (Å²) in [6.45, 7) is 2.43. The molecule has 2 heterocycles. The lowest BCUT2D eigenvalue weighted by molar-refractivity contribution is 0.0564. The lowest BCUT2D eigenvalue weighted by Gasteiger charge is -2.27. The minimum atomic E-state index is -0.0889. The van der Waals surface area contributed by atoms with Crippen LogP contribution in [0.25, 0.3) is 10.9 Å². The van der Waals surface area contributed by atoms with E-state index in [1.165, 1.54) is 44.9 Å². The van der Waals surface area contributed by atoms with E-state index in [0.29, 0.717) is 32.3 Å². The van der Waals surface area contributed by atoms with Crippen LogP contribution >= 0.6 is 0 Å². The number of morpholine rings is 1. The van der Waals surface area contributed by atoms with Crippen LogP contribution in [0.4, 0.5) is 16.3 Å². The number of rotatable bonds is 3. The SMILES string of the molecule is O=C(Nc1ccc2ncnc(NC3CCCCCCC3)c2c1)N1CCOCC1. The lowest BCUT2D eigenvalue weighted by atomic mass is 9.96. The van der Waals surface area contributed by atoms with Gasteiger partial charge in [0, 0.05) is 30.2 Å². The molecule has 7 nitrogen and oxygen atoms in total. The third-order valence-corrected chi connectivity index (χ3v) is 5.63. The van der Waals surface area contributed by atoms with Crippen molar-refractivity contribution in [3.05, 3.63) is 24.5 Å². The van der Waals surface area contributed by atoms with E-state index in [0.717, 1.165) is 22.4 Å². The Labute approximate surface area is 165 Å². The van der Waals surface area contributed by atoms with Gasteiger partial charge in [-0.1, -0.05) is 32.1 Å². The van der Waals surface area contributed by atoms with E-state index in [1.807, 2.05) is 18.2 Å². The monoisotopic (exact) mass is 383 g/mol. The third-order valence-electron chi connectivity index (χ3n) is 5.63. The van der Waals surface area contributed by atoms with E-state index < -0.39 is 0 Å². The predicted molar refractivity (Wildman–Crippen MR) is 111 cm³/mol. The Balaban J connectivity index is 1.50. The second-order valence-corrected chi connectivity index (χ2v) is 7.67. The Morgan fingerprint density at radius 2 is 1.79 bits per heavy atom. The number of fused-ring (bicyclic) bond motifs is 1. The van der Waals surface area contributed by atoms with Gasteiger partial charge < -0.3 is 20.3 Å². The van der Waals surface area contributed by atoms with Gasteiger partial charge in [-0.3, -0.25) is 0 Å². The van der Waals surface area contributed by atoms with Gasteiger partial charge >= 0.3 is 6.03 Å². The first-order valence-electron chi connectivity index (χ1n) is 10.4. The van der Waals surface area contributed by atoms with Gasteiger partial charge in [0.05, 0.1) is 18.7 Å². The smallest absolute Gasteiger partial charge is 0.321 e. The Morgan fingerprint density at radius 1 is 1.04 bits per heavy atom. The second-order valence-electron chi connectivity index (χ2n) is 7.67. The van der Waals surface area contributed by atoms with Gasteiger partial charge in [-0.2, -0.15) is 0 Å². The fourth-order valence-corrected chi connectivity index (χ4v) is 4.01. The number of carbonyl (C=O) groups is 1. The molecule has 28 heavy (non-hydrogen) atoms. The van der Waals surface area contributed by atoms with Crippen LogP contribution in [-0.2, 0) is 4.74 Å². The molecule has 2 amide bonds. The first kappa shape index (κ1) is 18.9. The van der Waals surface area contributed by atoms with Crippen molar-refractivity contribution < 1.29 is 9.53 Å². The number of nitrogens with zero attached hydrogens (tertiary/aromatic N) is 3. The van der Waals surface area contributed by atoms with Crippen LogP contribution in [0, 0.1) is 0 Å². The summed E-state index contributed by atoms with van der Waals surface area (Å²) in [5, 5.41) is 7.59. The van der Waals surface area contributed by atoms with Crippen molar-refractivity contribution in [3.63, 3.8) is 0 Å². The third kappa shape index (κ3) is 4.70. The van der Waals surface area contributed by atoms with Gasteiger partial charge in [0.15, 0.2) is 0 Å². The summed E-state index contributed by atoms with van der Waals surface area (Å²) in [7, 11) is 0. The van der Waals surface area contributed by atoms with E-state index >= 15 is 0 Å². The van der Waals surface area contributed by atoms with Crippen molar-refractivity contribution >= 4 is 28.4 Å². The molecule has 0 bridgehead atoms. The number of urea groups is 1. The largest absolute Gasteiger partial charge is 0.378 e. The molecule has 0 atom stereocenters. The molecule has 0 radical (unpaired) electrons. The highest BCUT2D eigenvalue weighted by atomic mass is 16.5. The van der Waals surface area contributed by atoms with Crippen LogP contribution in [0.2, 0.25) is 0 Å². The first-order valence-corrected chi connectivity index (χ1v) is 10.4. The number of carbonyl (C=O) groups excluding carboxylic acids is 1. The molecular formula is C21H29N5O2. The maximum absolute atomic E-state index is 12.5. The van der Waals surface area contributed by atoms with Gasteiger partial charge in [-0.15, -0.1) is 0 Å². The number of aromatic nitrogens is 2. The van der Waals surface area contributed by atoms with Crippen molar-refractivity contribution in [2.75, 3.05) is 36.9 Å². The standard InChI is InChI=1S/C21H29N5O2/c27-21(26-10-12-28-13-11-26)25-17-8-9-19-18(14-17)20(23-15-22-19)24-16-6-4-2-1-3-5-7-16/h8-9,14-16H,1-7,10-13H2,(H,25,27)(H,22,23,24). The molecule has 7 heteroatoms. The summed E-state index contributed by atoms with van der Waals surface area (Å²) in [5.41, 5.74) is 1.65. The topological polar surface area (TPSA) is 79.4 Å². The highest BCUT2D eigenvalue weighted by molar-refractivity contribution is 5.96. The van der Waals surface area contributed by atoms with Crippen molar-refractivity contribution in [2.24, 2.45) is 0 Å². The van der Waals surface area contributed by atoms with E-state index in [1.54, 1.807) is 11.2 Å². The van der Waals surface area contributed by atoms with Crippen molar-refractivity contribution in [3.8, 4) is 0 Å². The number of hydrogen-bond donors (Lipinski definition) is 2. The average Bonchev–Trinajstić information content (AvgIpc) is 2.71. The fraction of sp³-hybridized carbons (Fsp3) is 0.571. The zero-order valence-electron chi connectivity index (χ0n) is 16.3. The summed E-state index contributed by atoms with van der Waals surface area (Å²) < 4.78 is 5.32. The number of ether oxygens (including phenoxy) is 1. The minimum Gasteiger partial charge on any atom is -0.378 e. The minimum absolute atomic E-state index is 0.0889. The Kier molecular flexibility index (Phi) is 6.21. The van der Waals surface area contributed by atoms with Crippen molar-refractivity contribution in [1.82, 2.24) is 14.9 Å². The molecule has 2 N–H and O–H groups in total. The predicted octanol–water partition coefficient (Wildman–Crippen LogP) is 4.02. The molecule has 4 rings (SSSR count). The first-order chi connectivity index (χ1) is 13.8. The Hall–Kier alpha value is -2.41. The molecule has 1 saturated heterocycles. The average molecular weight is 383 g/mol. The zero-order valence-corrected chi connectivity index (χ0v) is 16.3. The number of amides is 2. The summed E-state index contributed by atoms with van der Waals surface area (Å²) >= 11 is 0. The van der Waals surface area contributed by atoms with Gasteiger partial charge in [-0.25, -0.2) is 14.8 Å². The molecule has 0 spiro atoms. The van der Waals surface area contributed by atoms with Crippen LogP contribution < -0.4 is 10.6 Å². The Bertz CT molecular complexity index is 798. The highest BCUT2D eigenvalue weighted by Crippen LogP contribution is 2.26. The van der Waals surface area contributed by atoms with Crippen LogP contribution in [-0.4, -0.2) is 53.2 Å². The molecular weight excluding hydrogens is 354 g/mol. The second kappa shape index (κ2) is 9.19. The molecule has 1 aromatic heterocycles. The molecule has 1 saturated carbocycles. The maximum atomic E-state index is 12.5. The molecule has 2 aromatic rings. The normalized spacial score (nSPS) is 19.1. The van der Waals surface area contributed by atoms with Gasteiger partial charge in [-0.05, 0) is 31.0 Å². The van der Waals surface area contributed by atoms with Gasteiger partial charge in [0.2, 0.25) is 0 Å². The molecule has 150 valence electrons. The van der Waals surface area contributed by atoms with Crippen LogP contribution in [0.1, 0.15) is 44.9 Å². The molecule has 2 aliphatic rings. The number of hydrogen-bond acceptors (Lipinski definition) is 5. The van der Waals surface area contributed by atoms with Crippen LogP contribution in [0.15, 0.2) is 24.5 Å². The van der Waals surface area contributed by atoms with Crippen LogP contribution in [0.5, 0.6) is 0 Å². The summed E-state index contributed by atoms with van der Waals surface area (Å²) in [5.74, 6) is 0.859. The molecule has 0 unspecified atom stereocenters. The Morgan fingerprint density at radius 3 is 2.57 bits per heavy atom. The summed E-state index contributed by atoms with van der Waals surface area (Å²) in [4.78, 5) is 23.2. The van der Waals surface area contributed by atoms with Crippen LogP contribution in [0.3, 0.4) is 0 Å². The molecule has 1 aromatic carbocycles. The quantitative estimate of drug-likeness (QED) is 0.837. The van der Waals surface area contributed by atoms with Crippen molar-refractivity contribution in [2.45, 2.75) is 51.0 Å². The summed E-state index contributed by atoms with van der Waals surface area (Å²) in [6.07, 6.45) is 10.5. The van der Waals surface area contributed by atoms with E-state index in [9.17, 15) is 4.79 Å². The number of anilines is 2. The van der Waals surface area contributed by atoms with E-state index in [4.69, 9.17) is 4.74 Å².